The van der Waals surface area contributed by atoms with Crippen LogP contribution in [0.1, 0.15) is 21.7 Å². The van der Waals surface area contributed by atoms with Crippen molar-refractivity contribution in [3.05, 3.63) is 52.0 Å². The third-order valence-corrected chi connectivity index (χ3v) is 5.40. The number of hydrogen-bond donors (Lipinski definition) is 3. The number of carbonyl (C=O) groups is 1. The summed E-state index contributed by atoms with van der Waals surface area (Å²) in [4.78, 5) is 15.5. The number of nitrogens with zero attached hydrogens (tertiary/aromatic N) is 1. The molecule has 2 aromatic carbocycles. The molecule has 1 aromatic heterocycles. The van der Waals surface area contributed by atoms with Crippen LogP contribution in [0.2, 0.25) is 0 Å². The van der Waals surface area contributed by atoms with Gasteiger partial charge in [-0.2, -0.15) is 0 Å². The SMILES string of the molecule is C#CC(=O)NCc1ccc2c(c1)NC(C#Cc1cc(O)c3nc(C)sc3c1)C2. The van der Waals surface area contributed by atoms with Crippen molar-refractivity contribution < 1.29 is 9.90 Å². The van der Waals surface area contributed by atoms with Crippen LogP contribution in [0.4, 0.5) is 5.69 Å². The molecule has 1 aliphatic rings. The van der Waals surface area contributed by atoms with Crippen LogP contribution in [0.25, 0.3) is 10.2 Å². The number of phenols is 1. The number of carbonyl (C=O) groups excluding carboxylic acids is 1. The molecule has 0 aliphatic carbocycles. The highest BCUT2D eigenvalue weighted by Crippen LogP contribution is 2.30. The van der Waals surface area contributed by atoms with E-state index in [9.17, 15) is 9.90 Å². The summed E-state index contributed by atoms with van der Waals surface area (Å²) in [5.41, 5.74) is 4.57. The first-order valence-corrected chi connectivity index (χ1v) is 9.58. The van der Waals surface area contributed by atoms with Crippen molar-refractivity contribution in [3.63, 3.8) is 0 Å². The zero-order chi connectivity index (χ0) is 19.7. The largest absolute Gasteiger partial charge is 0.506 e. The molecule has 138 valence electrons. The molecule has 0 bridgehead atoms. The molecule has 0 saturated carbocycles. The molecule has 0 spiro atoms. The molecule has 1 unspecified atom stereocenters. The minimum absolute atomic E-state index is 0.00779. The third kappa shape index (κ3) is 3.64. The quantitative estimate of drug-likeness (QED) is 0.591. The normalized spacial score (nSPS) is 14.5. The molecule has 6 heteroatoms. The minimum atomic E-state index is -0.423. The molecular formula is C22H17N3O2S. The number of benzene rings is 2. The van der Waals surface area contributed by atoms with Crippen molar-refractivity contribution in [1.29, 1.82) is 0 Å². The molecule has 3 aromatic rings. The number of anilines is 1. The van der Waals surface area contributed by atoms with Gasteiger partial charge in [0.05, 0.1) is 15.7 Å². The summed E-state index contributed by atoms with van der Waals surface area (Å²) in [6.07, 6.45) is 5.86. The number of phenolic OH excluding ortho intramolecular Hbond substituents is 1. The van der Waals surface area contributed by atoms with Gasteiger partial charge in [-0.05, 0) is 42.2 Å². The van der Waals surface area contributed by atoms with E-state index in [1.54, 1.807) is 17.4 Å². The van der Waals surface area contributed by atoms with Gasteiger partial charge in [-0.25, -0.2) is 4.98 Å². The van der Waals surface area contributed by atoms with Crippen LogP contribution in [0, 0.1) is 31.1 Å². The van der Waals surface area contributed by atoms with Gasteiger partial charge in [-0.3, -0.25) is 4.79 Å². The molecule has 1 amide bonds. The van der Waals surface area contributed by atoms with Crippen molar-refractivity contribution in [2.45, 2.75) is 25.9 Å². The van der Waals surface area contributed by atoms with Crippen LogP contribution < -0.4 is 10.6 Å². The highest BCUT2D eigenvalue weighted by molar-refractivity contribution is 7.18. The summed E-state index contributed by atoms with van der Waals surface area (Å²) in [6.45, 7) is 2.31. The van der Waals surface area contributed by atoms with Crippen LogP contribution in [0.5, 0.6) is 5.75 Å². The lowest BCUT2D eigenvalue weighted by atomic mass is 10.1. The molecule has 0 fully saturated rings. The van der Waals surface area contributed by atoms with E-state index in [-0.39, 0.29) is 11.8 Å². The number of amides is 1. The molecule has 5 nitrogen and oxygen atoms in total. The average molecular weight is 387 g/mol. The topological polar surface area (TPSA) is 74.2 Å². The van der Waals surface area contributed by atoms with Crippen molar-refractivity contribution >= 4 is 33.1 Å². The van der Waals surface area contributed by atoms with E-state index in [0.29, 0.717) is 12.1 Å². The maximum Gasteiger partial charge on any atom is 0.295 e. The van der Waals surface area contributed by atoms with E-state index in [1.807, 2.05) is 37.1 Å². The summed E-state index contributed by atoms with van der Waals surface area (Å²) in [5, 5.41) is 17.1. The minimum Gasteiger partial charge on any atom is -0.506 e. The summed E-state index contributed by atoms with van der Waals surface area (Å²) in [7, 11) is 0. The molecule has 0 saturated heterocycles. The van der Waals surface area contributed by atoms with E-state index in [0.717, 1.165) is 32.9 Å². The van der Waals surface area contributed by atoms with Gasteiger partial charge < -0.3 is 15.7 Å². The van der Waals surface area contributed by atoms with E-state index >= 15 is 0 Å². The van der Waals surface area contributed by atoms with Crippen molar-refractivity contribution in [2.24, 2.45) is 0 Å². The van der Waals surface area contributed by atoms with Gasteiger partial charge in [0.2, 0.25) is 0 Å². The standard InChI is InChI=1S/C22H17N3O2S/c1-3-21(27)23-12-15-4-6-16-11-17(25-18(16)8-15)7-5-14-9-19(26)22-20(10-14)28-13(2)24-22/h1,4,6,8-10,17,25-26H,11-12H2,2H3,(H,23,27). The van der Waals surface area contributed by atoms with E-state index in [2.05, 4.69) is 27.5 Å². The summed E-state index contributed by atoms with van der Waals surface area (Å²) in [5.74, 6) is 8.17. The monoisotopic (exact) mass is 387 g/mol. The zero-order valence-corrected chi connectivity index (χ0v) is 16.0. The van der Waals surface area contributed by atoms with Gasteiger partial charge in [0, 0.05) is 24.2 Å². The Labute approximate surface area is 166 Å². The fourth-order valence-corrected chi connectivity index (χ4v) is 4.08. The second-order valence-corrected chi connectivity index (χ2v) is 7.80. The van der Waals surface area contributed by atoms with Crippen LogP contribution >= 0.6 is 11.3 Å². The van der Waals surface area contributed by atoms with E-state index in [1.165, 1.54) is 5.56 Å². The van der Waals surface area contributed by atoms with Crippen LogP contribution in [0.3, 0.4) is 0 Å². The zero-order valence-electron chi connectivity index (χ0n) is 15.2. The first-order chi connectivity index (χ1) is 13.5. The number of nitrogens with one attached hydrogen (secondary N) is 2. The third-order valence-electron chi connectivity index (χ3n) is 4.48. The molecular weight excluding hydrogens is 370 g/mol. The Bertz CT molecular complexity index is 1190. The fourth-order valence-electron chi connectivity index (χ4n) is 3.19. The first kappa shape index (κ1) is 17.9. The Hall–Kier alpha value is -3.48. The number of thiazole rings is 1. The molecule has 3 N–H and O–H groups in total. The Morgan fingerprint density at radius 2 is 2.29 bits per heavy atom. The lowest BCUT2D eigenvalue weighted by molar-refractivity contribution is -0.115. The highest BCUT2D eigenvalue weighted by Gasteiger charge is 2.19. The summed E-state index contributed by atoms with van der Waals surface area (Å²) in [6, 6.07) is 9.63. The Kier molecular flexibility index (Phi) is 4.65. The van der Waals surface area contributed by atoms with Gasteiger partial charge in [0.25, 0.3) is 5.91 Å². The lowest BCUT2D eigenvalue weighted by Crippen LogP contribution is -2.20. The Balaban J connectivity index is 1.49. The number of hydrogen-bond acceptors (Lipinski definition) is 5. The predicted molar refractivity (Wildman–Crippen MR) is 111 cm³/mol. The van der Waals surface area contributed by atoms with Crippen molar-refractivity contribution in [1.82, 2.24) is 10.3 Å². The van der Waals surface area contributed by atoms with Gasteiger partial charge in [-0.15, -0.1) is 17.8 Å². The van der Waals surface area contributed by atoms with Gasteiger partial charge >= 0.3 is 0 Å². The molecule has 4 rings (SSSR count). The Morgan fingerprint density at radius 1 is 1.43 bits per heavy atom. The number of fused-ring (bicyclic) bond motifs is 2. The van der Waals surface area contributed by atoms with Gasteiger partial charge in [0.15, 0.2) is 0 Å². The van der Waals surface area contributed by atoms with E-state index in [4.69, 9.17) is 6.42 Å². The number of rotatable bonds is 2. The van der Waals surface area contributed by atoms with Gasteiger partial charge in [0.1, 0.15) is 11.3 Å². The fraction of sp³-hybridized carbons (Fsp3) is 0.182. The lowest BCUT2D eigenvalue weighted by Gasteiger charge is -2.06. The van der Waals surface area contributed by atoms with Crippen LogP contribution in [-0.2, 0) is 17.8 Å². The molecule has 28 heavy (non-hydrogen) atoms. The highest BCUT2D eigenvalue weighted by atomic mass is 32.1. The second kappa shape index (κ2) is 7.26. The summed E-state index contributed by atoms with van der Waals surface area (Å²) < 4.78 is 0.933. The molecule has 1 atom stereocenters. The molecule has 1 aliphatic heterocycles. The summed E-state index contributed by atoms with van der Waals surface area (Å²) >= 11 is 1.54. The van der Waals surface area contributed by atoms with E-state index < -0.39 is 5.91 Å². The first-order valence-electron chi connectivity index (χ1n) is 8.76. The van der Waals surface area contributed by atoms with Crippen molar-refractivity contribution in [3.8, 4) is 29.9 Å². The van der Waals surface area contributed by atoms with Crippen molar-refractivity contribution in [2.75, 3.05) is 5.32 Å². The molecule has 0 radical (unpaired) electrons. The smallest absolute Gasteiger partial charge is 0.295 e. The second-order valence-electron chi connectivity index (χ2n) is 6.56. The number of aromatic nitrogens is 1. The van der Waals surface area contributed by atoms with Crippen LogP contribution in [-0.4, -0.2) is 22.0 Å². The average Bonchev–Trinajstić information content (AvgIpc) is 3.26. The number of aryl methyl sites for hydroxylation is 1. The molecule has 2 heterocycles. The Morgan fingerprint density at radius 3 is 3.11 bits per heavy atom. The number of aromatic hydroxyl groups is 1. The maximum absolute atomic E-state index is 11.2. The van der Waals surface area contributed by atoms with Crippen LogP contribution in [0.15, 0.2) is 30.3 Å². The predicted octanol–water partition coefficient (Wildman–Crippen LogP) is 2.95. The maximum atomic E-state index is 11.2. The number of terminal acetylenes is 1. The van der Waals surface area contributed by atoms with Gasteiger partial charge in [-0.1, -0.05) is 24.0 Å².